The van der Waals surface area contributed by atoms with Gasteiger partial charge in [0.15, 0.2) is 16.7 Å². The van der Waals surface area contributed by atoms with Gasteiger partial charge in [-0.2, -0.15) is 0 Å². The molecule has 0 bridgehead atoms. The molecular weight excluding hydrogens is 392 g/mol. The quantitative estimate of drug-likeness (QED) is 0.594. The summed E-state index contributed by atoms with van der Waals surface area (Å²) < 4.78 is 18.3. The second-order valence-corrected chi connectivity index (χ2v) is 8.24. The van der Waals surface area contributed by atoms with E-state index in [0.29, 0.717) is 41.5 Å². The third-order valence-corrected chi connectivity index (χ3v) is 6.08. The number of benzene rings is 1. The molecule has 0 aliphatic heterocycles. The molecule has 8 nitrogen and oxygen atoms in total. The van der Waals surface area contributed by atoms with Crippen LogP contribution in [0.25, 0.3) is 0 Å². The first-order valence-electron chi connectivity index (χ1n) is 9.77. The molecule has 0 atom stereocenters. The summed E-state index contributed by atoms with van der Waals surface area (Å²) >= 11 is 1.45. The Bertz CT molecular complexity index is 893. The van der Waals surface area contributed by atoms with E-state index in [4.69, 9.17) is 14.2 Å². The molecule has 0 saturated heterocycles. The first-order chi connectivity index (χ1) is 14.1. The zero-order valence-electron chi connectivity index (χ0n) is 16.9. The van der Waals surface area contributed by atoms with Gasteiger partial charge >= 0.3 is 0 Å². The van der Waals surface area contributed by atoms with Crippen LogP contribution >= 0.6 is 11.8 Å². The Hall–Kier alpha value is -2.42. The van der Waals surface area contributed by atoms with Crippen molar-refractivity contribution in [1.82, 2.24) is 20.1 Å². The molecule has 9 heteroatoms. The van der Waals surface area contributed by atoms with Crippen LogP contribution in [0.1, 0.15) is 49.0 Å². The molecule has 1 heterocycles. The van der Waals surface area contributed by atoms with E-state index >= 15 is 0 Å². The minimum atomic E-state index is -0.0647. The highest BCUT2D eigenvalue weighted by Crippen LogP contribution is 2.46. The number of hydrogen-bond donors (Lipinski definition) is 1. The molecule has 29 heavy (non-hydrogen) atoms. The van der Waals surface area contributed by atoms with Gasteiger partial charge in [0.05, 0.1) is 27.1 Å². The molecule has 1 N–H and O–H groups in total. The average molecular weight is 419 g/mol. The van der Waals surface area contributed by atoms with Crippen LogP contribution in [-0.2, 0) is 11.3 Å². The largest absolute Gasteiger partial charge is 0.496 e. The fraction of sp³-hybridized carbons (Fsp3) is 0.550. The van der Waals surface area contributed by atoms with Gasteiger partial charge in [0.25, 0.3) is 0 Å². The molecule has 0 unspecified atom stereocenters. The molecule has 4 rings (SSSR count). The van der Waals surface area contributed by atoms with Gasteiger partial charge in [-0.1, -0.05) is 11.8 Å². The van der Waals surface area contributed by atoms with E-state index < -0.39 is 0 Å². The number of carbonyl (C=O) groups excluding carboxylic acids is 1. The van der Waals surface area contributed by atoms with Crippen LogP contribution in [0.3, 0.4) is 0 Å². The number of nitrogens with zero attached hydrogens (tertiary/aromatic N) is 3. The van der Waals surface area contributed by atoms with Crippen molar-refractivity contribution in [3.05, 3.63) is 23.5 Å². The monoisotopic (exact) mass is 418 g/mol. The van der Waals surface area contributed by atoms with E-state index in [9.17, 15) is 4.79 Å². The lowest BCUT2D eigenvalue weighted by Crippen LogP contribution is -2.25. The minimum absolute atomic E-state index is 0.0647. The Kier molecular flexibility index (Phi) is 5.84. The number of rotatable bonds is 10. The van der Waals surface area contributed by atoms with Gasteiger partial charge in [-0.3, -0.25) is 4.79 Å². The van der Waals surface area contributed by atoms with Gasteiger partial charge in [-0.05, 0) is 31.7 Å². The number of aromatic nitrogens is 3. The van der Waals surface area contributed by atoms with Crippen molar-refractivity contribution in [3.63, 3.8) is 0 Å². The number of hydrogen-bond acceptors (Lipinski definition) is 7. The van der Waals surface area contributed by atoms with E-state index in [2.05, 4.69) is 20.1 Å². The summed E-state index contributed by atoms with van der Waals surface area (Å²) in [6.45, 7) is 0.339. The van der Waals surface area contributed by atoms with Gasteiger partial charge in [0, 0.05) is 30.1 Å². The van der Waals surface area contributed by atoms with E-state index in [1.54, 1.807) is 27.4 Å². The third-order valence-electron chi connectivity index (χ3n) is 5.14. The molecule has 0 radical (unpaired) electrons. The second kappa shape index (κ2) is 8.52. The van der Waals surface area contributed by atoms with Crippen molar-refractivity contribution in [2.24, 2.45) is 0 Å². The highest BCUT2D eigenvalue weighted by molar-refractivity contribution is 7.99. The van der Waals surface area contributed by atoms with Crippen LogP contribution in [0.4, 0.5) is 0 Å². The fourth-order valence-corrected chi connectivity index (χ4v) is 4.13. The summed E-state index contributed by atoms with van der Waals surface area (Å²) in [5, 5.41) is 12.5. The summed E-state index contributed by atoms with van der Waals surface area (Å²) in [6.07, 6.45) is 4.75. The highest BCUT2D eigenvalue weighted by Gasteiger charge is 2.36. The molecule has 1 amide bonds. The topological polar surface area (TPSA) is 87.5 Å². The molecule has 0 spiro atoms. The van der Waals surface area contributed by atoms with Crippen LogP contribution in [0, 0.1) is 0 Å². The van der Waals surface area contributed by atoms with Crippen LogP contribution < -0.4 is 19.5 Å². The van der Waals surface area contributed by atoms with Gasteiger partial charge < -0.3 is 24.1 Å². The SMILES string of the molecule is COc1cc(OC)c(OC)cc1CNC(=O)CSc1nnc(C2CC2)n1C1CC1. The average Bonchev–Trinajstić information content (AvgIpc) is 3.68. The normalized spacial score (nSPS) is 15.8. The second-order valence-electron chi connectivity index (χ2n) is 7.30. The lowest BCUT2D eigenvalue weighted by atomic mass is 10.1. The van der Waals surface area contributed by atoms with Gasteiger partial charge in [-0.15, -0.1) is 10.2 Å². The Morgan fingerprint density at radius 1 is 1.07 bits per heavy atom. The molecule has 2 fully saturated rings. The molecule has 2 aliphatic carbocycles. The molecule has 1 aromatic carbocycles. The van der Waals surface area contributed by atoms with Crippen LogP contribution in [0.5, 0.6) is 17.2 Å². The van der Waals surface area contributed by atoms with Crippen LogP contribution in [-0.4, -0.2) is 47.8 Å². The third kappa shape index (κ3) is 4.44. The van der Waals surface area contributed by atoms with Crippen molar-refractivity contribution in [2.45, 2.75) is 49.3 Å². The van der Waals surface area contributed by atoms with Crippen molar-refractivity contribution < 1.29 is 19.0 Å². The molecule has 1 aromatic heterocycles. The molecule has 2 aromatic rings. The summed E-state index contributed by atoms with van der Waals surface area (Å²) in [7, 11) is 4.74. The smallest absolute Gasteiger partial charge is 0.230 e. The number of methoxy groups -OCH3 is 3. The predicted molar refractivity (Wildman–Crippen MR) is 109 cm³/mol. The van der Waals surface area contributed by atoms with Crippen molar-refractivity contribution in [3.8, 4) is 17.2 Å². The number of thioether (sulfide) groups is 1. The van der Waals surface area contributed by atoms with E-state index in [0.717, 1.165) is 16.5 Å². The van der Waals surface area contributed by atoms with Crippen molar-refractivity contribution in [1.29, 1.82) is 0 Å². The first kappa shape index (κ1) is 19.9. The first-order valence-corrected chi connectivity index (χ1v) is 10.8. The Balaban J connectivity index is 1.36. The predicted octanol–water partition coefficient (Wildman–Crippen LogP) is 2.92. The molecular formula is C20H26N4O4S. The standard InChI is InChI=1S/C20H26N4O4S/c1-26-15-9-17(28-3)16(27-2)8-13(15)10-21-18(25)11-29-20-23-22-19(12-4-5-12)24(20)14-6-7-14/h8-9,12,14H,4-7,10-11H2,1-3H3,(H,21,25). The summed E-state index contributed by atoms with van der Waals surface area (Å²) in [5.41, 5.74) is 0.820. The lowest BCUT2D eigenvalue weighted by molar-refractivity contribution is -0.118. The zero-order chi connectivity index (χ0) is 20.4. The van der Waals surface area contributed by atoms with Crippen molar-refractivity contribution in [2.75, 3.05) is 27.1 Å². The number of amides is 1. The minimum Gasteiger partial charge on any atom is -0.496 e. The van der Waals surface area contributed by atoms with E-state index in [-0.39, 0.29) is 5.91 Å². The number of carbonyl (C=O) groups is 1. The summed E-state index contributed by atoms with van der Waals surface area (Å²) in [5.74, 6) is 3.71. The van der Waals surface area contributed by atoms with Crippen molar-refractivity contribution >= 4 is 17.7 Å². The van der Waals surface area contributed by atoms with E-state index in [1.165, 1.54) is 37.4 Å². The van der Waals surface area contributed by atoms with Gasteiger partial charge in [-0.25, -0.2) is 0 Å². The van der Waals surface area contributed by atoms with Crippen LogP contribution in [0.15, 0.2) is 17.3 Å². The van der Waals surface area contributed by atoms with Gasteiger partial charge in [0.2, 0.25) is 5.91 Å². The Labute approximate surface area is 174 Å². The van der Waals surface area contributed by atoms with Gasteiger partial charge in [0.1, 0.15) is 11.6 Å². The lowest BCUT2D eigenvalue weighted by Gasteiger charge is -2.14. The number of ether oxygens (including phenoxy) is 3. The Morgan fingerprint density at radius 3 is 2.38 bits per heavy atom. The molecule has 156 valence electrons. The molecule has 2 aliphatic rings. The maximum absolute atomic E-state index is 12.4. The Morgan fingerprint density at radius 2 is 1.76 bits per heavy atom. The fourth-order valence-electron chi connectivity index (χ4n) is 3.29. The maximum Gasteiger partial charge on any atom is 0.230 e. The number of nitrogens with one attached hydrogen (secondary N) is 1. The summed E-state index contributed by atoms with van der Waals surface area (Å²) in [4.78, 5) is 12.4. The zero-order valence-corrected chi connectivity index (χ0v) is 17.8. The highest BCUT2D eigenvalue weighted by atomic mass is 32.2. The summed E-state index contributed by atoms with van der Waals surface area (Å²) in [6, 6.07) is 4.09. The van der Waals surface area contributed by atoms with Crippen LogP contribution in [0.2, 0.25) is 0 Å². The maximum atomic E-state index is 12.4. The van der Waals surface area contributed by atoms with E-state index in [1.807, 2.05) is 6.07 Å². The molecule has 2 saturated carbocycles.